The van der Waals surface area contributed by atoms with Crippen LogP contribution in [0.4, 0.5) is 14.9 Å². The molecule has 0 aromatic heterocycles. The lowest BCUT2D eigenvalue weighted by atomic mass is 9.93. The Morgan fingerprint density at radius 2 is 1.73 bits per heavy atom. The summed E-state index contributed by atoms with van der Waals surface area (Å²) in [5.74, 6) is 0.892. The van der Waals surface area contributed by atoms with E-state index in [2.05, 4.69) is 55.0 Å². The third-order valence-corrected chi connectivity index (χ3v) is 10.5. The van der Waals surface area contributed by atoms with Crippen LogP contribution in [0.3, 0.4) is 0 Å². The maximum Gasteiger partial charge on any atom is 0.319 e. The molecule has 1 aliphatic rings. The third-order valence-electron chi connectivity index (χ3n) is 6.30. The second-order valence-corrected chi connectivity index (χ2v) is 14.4. The Labute approximate surface area is 195 Å². The molecule has 3 rings (SSSR count). The molecule has 2 amide bonds. The number of rotatable bonds is 6. The first-order valence-electron chi connectivity index (χ1n) is 11.0. The summed E-state index contributed by atoms with van der Waals surface area (Å²) in [5.41, 5.74) is 4.59. The van der Waals surface area contributed by atoms with Gasteiger partial charge in [0.25, 0.3) is 0 Å². The summed E-state index contributed by atoms with van der Waals surface area (Å²) in [4.78, 5) is 17.4. The van der Waals surface area contributed by atoms with Crippen LogP contribution in [-0.4, -0.2) is 39.9 Å². The van der Waals surface area contributed by atoms with Crippen molar-refractivity contribution in [2.24, 2.45) is 4.99 Å². The van der Waals surface area contributed by atoms with Crippen LogP contribution in [0.5, 0.6) is 5.75 Å². The number of anilines is 1. The minimum absolute atomic E-state index is 0.0113. The average Bonchev–Trinajstić information content (AvgIpc) is 3.15. The van der Waals surface area contributed by atoms with Gasteiger partial charge in [-0.2, -0.15) is 0 Å². The molecule has 1 heterocycles. The zero-order valence-corrected chi connectivity index (χ0v) is 21.0. The highest BCUT2D eigenvalue weighted by molar-refractivity contribution is 6.74. The number of hydrogen-bond donors (Lipinski definition) is 3. The highest BCUT2D eigenvalue weighted by atomic mass is 28.4. The van der Waals surface area contributed by atoms with Gasteiger partial charge >= 0.3 is 6.03 Å². The number of amides is 2. The monoisotopic (exact) mass is 472 g/mol. The van der Waals surface area contributed by atoms with Gasteiger partial charge in [0, 0.05) is 11.6 Å². The fraction of sp³-hybridized carbons (Fsp3) is 0.417. The van der Waals surface area contributed by atoms with Crippen molar-refractivity contribution in [1.82, 2.24) is 10.8 Å². The first-order valence-corrected chi connectivity index (χ1v) is 13.9. The SMILES string of the molecule is COc1ccc(C2CN=C(NO[Si](C)(C)C(C)(C)C)C2NC(=O)Nc2ccc(F)cc2)cc1. The molecule has 0 aliphatic carbocycles. The van der Waals surface area contributed by atoms with E-state index in [1.807, 2.05) is 24.3 Å². The molecule has 0 fully saturated rings. The lowest BCUT2D eigenvalue weighted by Crippen LogP contribution is -2.53. The van der Waals surface area contributed by atoms with Gasteiger partial charge in [-0.05, 0) is 60.1 Å². The van der Waals surface area contributed by atoms with Crippen LogP contribution >= 0.6 is 0 Å². The summed E-state index contributed by atoms with van der Waals surface area (Å²) >= 11 is 0. The van der Waals surface area contributed by atoms with Crippen LogP contribution in [0.15, 0.2) is 53.5 Å². The number of aliphatic imine (C=N–C) groups is 1. The van der Waals surface area contributed by atoms with E-state index in [0.29, 0.717) is 18.1 Å². The second-order valence-electron chi connectivity index (χ2n) is 9.65. The number of urea groups is 1. The Kier molecular flexibility index (Phi) is 7.43. The molecular formula is C24H33FN4O3Si. The molecule has 0 saturated carbocycles. The number of halogens is 1. The van der Waals surface area contributed by atoms with E-state index < -0.39 is 20.4 Å². The van der Waals surface area contributed by atoms with Crippen molar-refractivity contribution in [3.8, 4) is 5.75 Å². The van der Waals surface area contributed by atoms with Crippen molar-refractivity contribution in [3.63, 3.8) is 0 Å². The number of nitrogens with one attached hydrogen (secondary N) is 3. The van der Waals surface area contributed by atoms with Crippen LogP contribution < -0.4 is 20.9 Å². The normalized spacial score (nSPS) is 18.5. The number of ether oxygens (including phenoxy) is 1. The predicted molar refractivity (Wildman–Crippen MR) is 132 cm³/mol. The molecular weight excluding hydrogens is 439 g/mol. The fourth-order valence-electron chi connectivity index (χ4n) is 3.18. The number of carbonyl (C=O) groups is 1. The van der Waals surface area contributed by atoms with Gasteiger partial charge in [-0.25, -0.2) is 9.18 Å². The predicted octanol–water partition coefficient (Wildman–Crippen LogP) is 5.05. The van der Waals surface area contributed by atoms with E-state index in [-0.39, 0.29) is 16.8 Å². The first-order chi connectivity index (χ1) is 15.5. The molecule has 2 aromatic carbocycles. The number of benzene rings is 2. The van der Waals surface area contributed by atoms with E-state index >= 15 is 0 Å². The molecule has 7 nitrogen and oxygen atoms in total. The van der Waals surface area contributed by atoms with Crippen LogP contribution in [-0.2, 0) is 4.53 Å². The standard InChI is InChI=1S/C24H33FN4O3Si/c1-24(2,3)33(5,6)32-29-22-21(28-23(30)27-18-11-9-17(25)10-12-18)20(15-26-22)16-7-13-19(31-4)14-8-16/h7-14,20-21H,15H2,1-6H3,(H,26,29)(H2,27,28,30). The minimum Gasteiger partial charge on any atom is -0.497 e. The molecule has 1 aliphatic heterocycles. The van der Waals surface area contributed by atoms with Gasteiger partial charge in [0.15, 0.2) is 0 Å². The topological polar surface area (TPSA) is 84.0 Å². The van der Waals surface area contributed by atoms with Crippen molar-refractivity contribution < 1.29 is 18.4 Å². The van der Waals surface area contributed by atoms with Crippen molar-refractivity contribution >= 4 is 25.9 Å². The van der Waals surface area contributed by atoms with Gasteiger partial charge in [0.05, 0.1) is 19.7 Å². The minimum atomic E-state index is -2.09. The lowest BCUT2D eigenvalue weighted by molar-refractivity contribution is 0.228. The van der Waals surface area contributed by atoms with Crippen molar-refractivity contribution in [2.45, 2.75) is 50.9 Å². The molecule has 0 saturated heterocycles. The fourth-order valence-corrected chi connectivity index (χ4v) is 3.85. The molecule has 178 valence electrons. The molecule has 9 heteroatoms. The molecule has 3 N–H and O–H groups in total. The Morgan fingerprint density at radius 3 is 2.30 bits per heavy atom. The zero-order chi connectivity index (χ0) is 24.2. The van der Waals surface area contributed by atoms with Crippen LogP contribution in [0.1, 0.15) is 32.3 Å². The van der Waals surface area contributed by atoms with E-state index in [1.54, 1.807) is 7.11 Å². The number of hydroxylamine groups is 1. The molecule has 33 heavy (non-hydrogen) atoms. The Morgan fingerprint density at radius 1 is 1.09 bits per heavy atom. The number of hydrogen-bond acceptors (Lipinski definition) is 5. The largest absolute Gasteiger partial charge is 0.497 e. The van der Waals surface area contributed by atoms with Gasteiger partial charge in [-0.1, -0.05) is 32.9 Å². The van der Waals surface area contributed by atoms with Gasteiger partial charge in [-0.15, -0.1) is 0 Å². The first kappa shape index (κ1) is 24.7. The molecule has 0 spiro atoms. The van der Waals surface area contributed by atoms with E-state index in [1.165, 1.54) is 24.3 Å². The number of methoxy groups -OCH3 is 1. The molecule has 0 bridgehead atoms. The molecule has 2 unspecified atom stereocenters. The quantitative estimate of drug-likeness (QED) is 0.406. The van der Waals surface area contributed by atoms with Crippen molar-refractivity contribution in [3.05, 3.63) is 59.9 Å². The Bertz CT molecular complexity index is 988. The highest BCUT2D eigenvalue weighted by Gasteiger charge is 2.40. The van der Waals surface area contributed by atoms with Crippen LogP contribution in [0, 0.1) is 5.82 Å². The summed E-state index contributed by atoms with van der Waals surface area (Å²) in [6.07, 6.45) is 0. The smallest absolute Gasteiger partial charge is 0.319 e. The summed E-state index contributed by atoms with van der Waals surface area (Å²) in [7, 11) is -0.471. The molecule has 0 radical (unpaired) electrons. The summed E-state index contributed by atoms with van der Waals surface area (Å²) in [6.45, 7) is 11.2. The third kappa shape index (κ3) is 6.11. The maximum atomic E-state index is 13.2. The number of carbonyl (C=O) groups excluding carboxylic acids is 1. The van der Waals surface area contributed by atoms with Gasteiger partial charge < -0.3 is 19.9 Å². The van der Waals surface area contributed by atoms with Crippen LogP contribution in [0.25, 0.3) is 0 Å². The van der Waals surface area contributed by atoms with E-state index in [4.69, 9.17) is 9.26 Å². The van der Waals surface area contributed by atoms with Crippen molar-refractivity contribution in [2.75, 3.05) is 19.0 Å². The second kappa shape index (κ2) is 9.92. The molecule has 2 atom stereocenters. The van der Waals surface area contributed by atoms with Crippen molar-refractivity contribution in [1.29, 1.82) is 0 Å². The molecule has 2 aromatic rings. The number of amidine groups is 1. The lowest BCUT2D eigenvalue weighted by Gasteiger charge is -2.36. The van der Waals surface area contributed by atoms with Gasteiger partial charge in [0.1, 0.15) is 17.4 Å². The van der Waals surface area contributed by atoms with Gasteiger partial charge in [-0.3, -0.25) is 10.5 Å². The highest BCUT2D eigenvalue weighted by Crippen LogP contribution is 2.36. The van der Waals surface area contributed by atoms with Gasteiger partial charge in [0.2, 0.25) is 8.32 Å². The average molecular weight is 473 g/mol. The summed E-state index contributed by atoms with van der Waals surface area (Å²) in [6, 6.07) is 12.5. The Hall–Kier alpha value is -2.91. The Balaban J connectivity index is 1.77. The van der Waals surface area contributed by atoms with E-state index in [9.17, 15) is 9.18 Å². The zero-order valence-electron chi connectivity index (χ0n) is 20.0. The number of nitrogens with zero attached hydrogens (tertiary/aromatic N) is 1. The van der Waals surface area contributed by atoms with Crippen LogP contribution in [0.2, 0.25) is 18.1 Å². The summed E-state index contributed by atoms with van der Waals surface area (Å²) < 4.78 is 24.6. The maximum absolute atomic E-state index is 13.2. The van der Waals surface area contributed by atoms with E-state index in [0.717, 1.165) is 11.3 Å². The summed E-state index contributed by atoms with van der Waals surface area (Å²) in [5, 5.41) is 5.77.